The molecule has 0 unspecified atom stereocenters. The quantitative estimate of drug-likeness (QED) is 0.854. The van der Waals surface area contributed by atoms with Crippen LogP contribution in [0.3, 0.4) is 0 Å². The van der Waals surface area contributed by atoms with Crippen molar-refractivity contribution in [1.29, 1.82) is 0 Å². The Morgan fingerprint density at radius 3 is 1.88 bits per heavy atom. The lowest BCUT2D eigenvalue weighted by Gasteiger charge is -2.28. The molecular weight excluding hydrogens is 340 g/mol. The van der Waals surface area contributed by atoms with E-state index in [0.29, 0.717) is 0 Å². The molecule has 0 spiro atoms. The molecule has 2 aromatic rings. The summed E-state index contributed by atoms with van der Waals surface area (Å²) in [7, 11) is 1.55. The Morgan fingerprint density at radius 1 is 1.19 bits per heavy atom. The van der Waals surface area contributed by atoms with Gasteiger partial charge in [0.2, 0.25) is 0 Å². The van der Waals surface area contributed by atoms with Gasteiger partial charge in [0.15, 0.2) is 0 Å². The first kappa shape index (κ1) is 11.8. The van der Waals surface area contributed by atoms with Crippen LogP contribution < -0.4 is 0 Å². The van der Waals surface area contributed by atoms with E-state index in [9.17, 15) is 0 Å². The number of aromatic nitrogens is 4. The summed E-state index contributed by atoms with van der Waals surface area (Å²) in [5, 5.41) is 8.30. The molecule has 1 radical (unpaired) electrons. The molecule has 85 valence electrons. The van der Waals surface area contributed by atoms with Crippen LogP contribution in [0.4, 0.5) is 0 Å². The predicted molar refractivity (Wildman–Crippen MR) is 65.6 cm³/mol. The van der Waals surface area contributed by atoms with Crippen LogP contribution >= 0.6 is 31.9 Å². The van der Waals surface area contributed by atoms with Crippen LogP contribution in [-0.4, -0.2) is 26.7 Å². The van der Waals surface area contributed by atoms with Gasteiger partial charge in [0, 0.05) is 26.4 Å². The zero-order valence-corrected chi connectivity index (χ0v) is 11.6. The monoisotopic (exact) mass is 347 g/mol. The molecule has 0 atom stereocenters. The Morgan fingerprint density at radius 2 is 1.62 bits per heavy atom. The van der Waals surface area contributed by atoms with Crippen LogP contribution in [-0.2, 0) is 10.6 Å². The van der Waals surface area contributed by atoms with Gasteiger partial charge in [-0.05, 0) is 31.9 Å². The van der Waals surface area contributed by atoms with E-state index in [0.717, 1.165) is 8.95 Å². The summed E-state index contributed by atoms with van der Waals surface area (Å²) in [4.78, 5) is 0. The summed E-state index contributed by atoms with van der Waals surface area (Å²) in [6.45, 7) is 3.99. The van der Waals surface area contributed by atoms with Crippen molar-refractivity contribution in [3.8, 4) is 0 Å². The largest absolute Gasteiger partial charge is 0.339 e. The van der Waals surface area contributed by atoms with E-state index in [1.807, 2.05) is 0 Å². The lowest BCUT2D eigenvalue weighted by Crippen LogP contribution is -2.41. The highest BCUT2D eigenvalue weighted by molar-refractivity contribution is 9.10. The summed E-state index contributed by atoms with van der Waals surface area (Å²) < 4.78 is 10.2. The Labute approximate surface area is 110 Å². The molecule has 2 rings (SSSR count). The van der Waals surface area contributed by atoms with Gasteiger partial charge in [-0.15, -0.1) is 0 Å². The van der Waals surface area contributed by atoms with Crippen LogP contribution in [0.15, 0.2) is 33.7 Å². The summed E-state index contributed by atoms with van der Waals surface area (Å²) in [5.74, 6) is -1.03. The van der Waals surface area contributed by atoms with Crippen molar-refractivity contribution in [2.24, 2.45) is 0 Å². The Balaban J connectivity index is 2.47. The molecular formula is C9H9Br2N4O. The average molecular weight is 349 g/mol. The fourth-order valence-corrected chi connectivity index (χ4v) is 1.85. The number of hydrogen-bond donors (Lipinski definition) is 0. The number of nitrogens with zero attached hydrogens (tertiary/aromatic N) is 4. The first-order chi connectivity index (χ1) is 7.56. The van der Waals surface area contributed by atoms with Crippen molar-refractivity contribution in [3.05, 3.63) is 40.7 Å². The van der Waals surface area contributed by atoms with Crippen molar-refractivity contribution in [2.75, 3.05) is 7.11 Å². The molecule has 0 fully saturated rings. The summed E-state index contributed by atoms with van der Waals surface area (Å²) in [6, 6.07) is 0. The van der Waals surface area contributed by atoms with Gasteiger partial charge in [0.05, 0.1) is 21.3 Å². The minimum atomic E-state index is -1.03. The third-order valence-electron chi connectivity index (χ3n) is 2.15. The second kappa shape index (κ2) is 4.31. The smallest absolute Gasteiger partial charge is 0.259 e. The summed E-state index contributed by atoms with van der Waals surface area (Å²) in [5.41, 5.74) is 0. The van der Waals surface area contributed by atoms with Gasteiger partial charge in [-0.25, -0.2) is 9.36 Å². The topological polar surface area (TPSA) is 44.9 Å². The molecule has 0 saturated heterocycles. The number of methoxy groups -OCH3 is 1. The maximum atomic E-state index is 5.38. The minimum absolute atomic E-state index is 0.851. The molecule has 0 aromatic carbocycles. The predicted octanol–water partition coefficient (Wildman–Crippen LogP) is 2.24. The van der Waals surface area contributed by atoms with Crippen LogP contribution in [0.1, 0.15) is 0 Å². The molecule has 7 heteroatoms. The van der Waals surface area contributed by atoms with Gasteiger partial charge >= 0.3 is 0 Å². The van der Waals surface area contributed by atoms with E-state index in [-0.39, 0.29) is 0 Å². The van der Waals surface area contributed by atoms with Crippen molar-refractivity contribution >= 4 is 31.9 Å². The third-order valence-corrected chi connectivity index (χ3v) is 2.96. The van der Waals surface area contributed by atoms with Gasteiger partial charge in [-0.1, -0.05) is 0 Å². The van der Waals surface area contributed by atoms with Crippen molar-refractivity contribution in [2.45, 2.75) is 5.85 Å². The number of ether oxygens (including phenoxy) is 1. The molecule has 0 bridgehead atoms. The molecule has 0 aliphatic carbocycles. The molecule has 0 aliphatic rings. The van der Waals surface area contributed by atoms with E-state index < -0.39 is 5.85 Å². The van der Waals surface area contributed by atoms with Crippen LogP contribution in [0, 0.1) is 6.92 Å². The molecule has 0 saturated carbocycles. The van der Waals surface area contributed by atoms with E-state index in [1.54, 1.807) is 41.3 Å². The molecule has 16 heavy (non-hydrogen) atoms. The second-order valence-corrected chi connectivity index (χ2v) is 4.98. The molecule has 5 nitrogen and oxygen atoms in total. The second-order valence-electron chi connectivity index (χ2n) is 3.15. The lowest BCUT2D eigenvalue weighted by atomic mass is 10.4. The van der Waals surface area contributed by atoms with Crippen molar-refractivity contribution in [1.82, 2.24) is 19.6 Å². The zero-order chi connectivity index (χ0) is 11.8. The standard InChI is InChI=1S/C9H9Br2N4O/c1-9(16-2,14-5-7(10)3-12-14)15-6-8(11)4-13-15/h3-6H,1H2,2H3. The fraction of sp³-hybridized carbons (Fsp3) is 0.222. The number of hydrogen-bond acceptors (Lipinski definition) is 3. The maximum absolute atomic E-state index is 5.38. The van der Waals surface area contributed by atoms with Crippen LogP contribution in [0.2, 0.25) is 0 Å². The first-order valence-corrected chi connectivity index (χ1v) is 5.96. The lowest BCUT2D eigenvalue weighted by molar-refractivity contribution is -0.0819. The highest BCUT2D eigenvalue weighted by Gasteiger charge is 2.30. The summed E-state index contributed by atoms with van der Waals surface area (Å²) >= 11 is 6.65. The molecule has 2 heterocycles. The SMILES string of the molecule is [CH2]C(OC)(n1cc(Br)cn1)n1cc(Br)cn1. The first-order valence-electron chi connectivity index (χ1n) is 4.38. The van der Waals surface area contributed by atoms with Crippen LogP contribution in [0.5, 0.6) is 0 Å². The van der Waals surface area contributed by atoms with Crippen molar-refractivity contribution < 1.29 is 4.74 Å². The average Bonchev–Trinajstić information content (AvgIpc) is 2.86. The van der Waals surface area contributed by atoms with Gasteiger partial charge in [-0.2, -0.15) is 10.2 Å². The Bertz CT molecular complexity index is 453. The maximum Gasteiger partial charge on any atom is 0.259 e. The summed E-state index contributed by atoms with van der Waals surface area (Å²) in [6.07, 6.45) is 6.87. The molecule has 2 aromatic heterocycles. The Hall–Kier alpha value is -0.660. The van der Waals surface area contributed by atoms with Gasteiger partial charge in [0.25, 0.3) is 5.85 Å². The van der Waals surface area contributed by atoms with E-state index >= 15 is 0 Å². The van der Waals surface area contributed by atoms with Gasteiger partial charge in [0.1, 0.15) is 0 Å². The fourth-order valence-electron chi connectivity index (χ4n) is 1.28. The normalized spacial score (nSPS) is 12.0. The minimum Gasteiger partial charge on any atom is -0.339 e. The zero-order valence-electron chi connectivity index (χ0n) is 8.47. The van der Waals surface area contributed by atoms with E-state index in [2.05, 4.69) is 49.0 Å². The van der Waals surface area contributed by atoms with Gasteiger partial charge in [-0.3, -0.25) is 0 Å². The third kappa shape index (κ3) is 1.94. The van der Waals surface area contributed by atoms with Crippen LogP contribution in [0.25, 0.3) is 0 Å². The van der Waals surface area contributed by atoms with E-state index in [4.69, 9.17) is 4.74 Å². The highest BCUT2D eigenvalue weighted by Crippen LogP contribution is 2.21. The highest BCUT2D eigenvalue weighted by atomic mass is 79.9. The molecule has 0 N–H and O–H groups in total. The molecule has 0 amide bonds. The number of halogens is 2. The van der Waals surface area contributed by atoms with E-state index in [1.165, 1.54) is 0 Å². The van der Waals surface area contributed by atoms with Crippen molar-refractivity contribution in [3.63, 3.8) is 0 Å². The van der Waals surface area contributed by atoms with Gasteiger partial charge < -0.3 is 4.74 Å². The number of rotatable bonds is 3. The Kier molecular flexibility index (Phi) is 3.18. The molecule has 0 aliphatic heterocycles.